The summed E-state index contributed by atoms with van der Waals surface area (Å²) in [6.45, 7) is 11.8. The maximum absolute atomic E-state index is 14.8. The molecule has 0 fully saturated rings. The summed E-state index contributed by atoms with van der Waals surface area (Å²) in [5.74, 6) is -0.285. The number of fused-ring (bicyclic) bond motifs is 1. The van der Waals surface area contributed by atoms with Gasteiger partial charge in [0.2, 0.25) is 0 Å². The highest BCUT2D eigenvalue weighted by Gasteiger charge is 2.16. The van der Waals surface area contributed by atoms with Crippen molar-refractivity contribution in [2.75, 3.05) is 26.2 Å². The van der Waals surface area contributed by atoms with Crippen LogP contribution < -0.4 is 5.32 Å². The van der Waals surface area contributed by atoms with Gasteiger partial charge in [0, 0.05) is 16.6 Å². The van der Waals surface area contributed by atoms with E-state index in [-0.39, 0.29) is 5.91 Å². The normalized spacial score (nSPS) is 11.4. The van der Waals surface area contributed by atoms with Gasteiger partial charge in [0.25, 0.3) is 5.91 Å². The molecule has 7 heteroatoms. The first-order valence-corrected chi connectivity index (χ1v) is 11.1. The van der Waals surface area contributed by atoms with Gasteiger partial charge in [0.05, 0.1) is 16.6 Å². The van der Waals surface area contributed by atoms with Crippen molar-refractivity contribution in [3.63, 3.8) is 0 Å². The van der Waals surface area contributed by atoms with Crippen molar-refractivity contribution >= 4 is 32.9 Å². The molecule has 0 saturated carbocycles. The Morgan fingerprint density at radius 2 is 1.93 bits per heavy atom. The number of nitrogens with zero attached hydrogens (tertiary/aromatic N) is 2. The second kappa shape index (κ2) is 9.71. The third-order valence-corrected chi connectivity index (χ3v) is 6.43. The maximum atomic E-state index is 14.8. The molecule has 1 heterocycles. The van der Waals surface area contributed by atoms with E-state index in [0.29, 0.717) is 23.5 Å². The smallest absolute Gasteiger partial charge is 0.251 e. The van der Waals surface area contributed by atoms with Crippen molar-refractivity contribution in [2.45, 2.75) is 34.1 Å². The number of benzene rings is 2. The molecular weight excluding hydrogens is 447 g/mol. The summed E-state index contributed by atoms with van der Waals surface area (Å²) >= 11 is 3.54. The molecule has 1 amide bonds. The van der Waals surface area contributed by atoms with Crippen LogP contribution in [-0.4, -0.2) is 47.0 Å². The lowest BCUT2D eigenvalue weighted by Crippen LogP contribution is -2.29. The number of aromatic amines is 1. The van der Waals surface area contributed by atoms with Gasteiger partial charge in [-0.1, -0.05) is 29.8 Å². The van der Waals surface area contributed by atoms with E-state index in [1.165, 1.54) is 6.07 Å². The predicted molar refractivity (Wildman–Crippen MR) is 123 cm³/mol. The predicted octanol–water partition coefficient (Wildman–Crippen LogP) is 5.21. The Morgan fingerprint density at radius 3 is 2.60 bits per heavy atom. The summed E-state index contributed by atoms with van der Waals surface area (Å²) in [7, 11) is 0. The minimum Gasteiger partial charge on any atom is -0.352 e. The van der Waals surface area contributed by atoms with Crippen molar-refractivity contribution in [3.05, 3.63) is 51.2 Å². The fourth-order valence-corrected chi connectivity index (χ4v) is 4.01. The van der Waals surface area contributed by atoms with E-state index in [1.54, 1.807) is 12.1 Å². The Kier molecular flexibility index (Phi) is 7.26. The van der Waals surface area contributed by atoms with Crippen LogP contribution in [0.15, 0.2) is 28.7 Å². The van der Waals surface area contributed by atoms with E-state index < -0.39 is 5.82 Å². The highest BCUT2D eigenvalue weighted by Crippen LogP contribution is 2.30. The molecule has 2 N–H and O–H groups in total. The number of hydrogen-bond donors (Lipinski definition) is 2. The number of amides is 1. The molecular formula is C23H28BrFN4O. The highest BCUT2D eigenvalue weighted by atomic mass is 79.9. The summed E-state index contributed by atoms with van der Waals surface area (Å²) in [4.78, 5) is 22.4. The summed E-state index contributed by atoms with van der Waals surface area (Å²) in [6.07, 6.45) is 0.862. The van der Waals surface area contributed by atoms with Crippen LogP contribution in [0.2, 0.25) is 0 Å². The summed E-state index contributed by atoms with van der Waals surface area (Å²) in [5, 5.41) is 2.87. The molecule has 5 nitrogen and oxygen atoms in total. The fourth-order valence-electron chi connectivity index (χ4n) is 3.49. The largest absolute Gasteiger partial charge is 0.352 e. The first kappa shape index (κ1) is 22.4. The zero-order valence-electron chi connectivity index (χ0n) is 17.9. The average Bonchev–Trinajstić information content (AvgIpc) is 3.15. The minimum atomic E-state index is -0.474. The maximum Gasteiger partial charge on any atom is 0.251 e. The monoisotopic (exact) mass is 474 g/mol. The molecule has 3 aromatic rings. The Morgan fingerprint density at radius 1 is 1.20 bits per heavy atom. The molecule has 0 aliphatic heterocycles. The van der Waals surface area contributed by atoms with Gasteiger partial charge >= 0.3 is 0 Å². The molecule has 0 aliphatic carbocycles. The van der Waals surface area contributed by atoms with Gasteiger partial charge in [-0.05, 0) is 75.3 Å². The van der Waals surface area contributed by atoms with Crippen LogP contribution in [-0.2, 0) is 0 Å². The zero-order chi connectivity index (χ0) is 21.8. The molecule has 2 aromatic carbocycles. The van der Waals surface area contributed by atoms with Crippen molar-refractivity contribution < 1.29 is 9.18 Å². The number of hydrogen-bond acceptors (Lipinski definition) is 3. The Balaban J connectivity index is 1.73. The van der Waals surface area contributed by atoms with Crippen molar-refractivity contribution in [1.29, 1.82) is 0 Å². The van der Waals surface area contributed by atoms with Crippen LogP contribution in [0.25, 0.3) is 22.4 Å². The topological polar surface area (TPSA) is 61.0 Å². The number of nitrogens with one attached hydrogen (secondary N) is 2. The number of imidazole rings is 1. The Bertz CT molecular complexity index is 1060. The van der Waals surface area contributed by atoms with Gasteiger partial charge in [-0.15, -0.1) is 0 Å². The first-order valence-electron chi connectivity index (χ1n) is 10.3. The standard InChI is InChI=1S/C23H28BrFN4O/c1-5-29(6-2)11-7-10-26-23(30)16-8-9-17(19(25)12-16)22-27-20-13-18(24)14(3)15(4)21(20)28-22/h8-9,12-13H,5-7,10-11H2,1-4H3,(H,26,30)(H,27,28). The van der Waals surface area contributed by atoms with Crippen LogP contribution >= 0.6 is 15.9 Å². The van der Waals surface area contributed by atoms with Gasteiger partial charge in [-0.25, -0.2) is 9.37 Å². The minimum absolute atomic E-state index is 0.264. The Hall–Kier alpha value is -2.25. The molecule has 0 atom stereocenters. The van der Waals surface area contributed by atoms with E-state index in [4.69, 9.17) is 0 Å². The van der Waals surface area contributed by atoms with Gasteiger partial charge < -0.3 is 15.2 Å². The molecule has 3 rings (SSSR count). The van der Waals surface area contributed by atoms with Crippen LogP contribution in [0.1, 0.15) is 41.8 Å². The number of H-pyrrole nitrogens is 1. The lowest BCUT2D eigenvalue weighted by molar-refractivity contribution is 0.0951. The fraction of sp³-hybridized carbons (Fsp3) is 0.391. The quantitative estimate of drug-likeness (QED) is 0.440. The van der Waals surface area contributed by atoms with Gasteiger partial charge in [-0.2, -0.15) is 0 Å². The van der Waals surface area contributed by atoms with Gasteiger partial charge in [-0.3, -0.25) is 4.79 Å². The van der Waals surface area contributed by atoms with Crippen molar-refractivity contribution in [1.82, 2.24) is 20.2 Å². The number of halogens is 2. The second-order valence-corrected chi connectivity index (χ2v) is 8.27. The molecule has 0 aliphatic rings. The Labute approximate surface area is 185 Å². The average molecular weight is 475 g/mol. The molecule has 0 radical (unpaired) electrons. The van der Waals surface area contributed by atoms with E-state index in [1.807, 2.05) is 19.9 Å². The zero-order valence-corrected chi connectivity index (χ0v) is 19.5. The van der Waals surface area contributed by atoms with Crippen LogP contribution in [0.3, 0.4) is 0 Å². The van der Waals surface area contributed by atoms with Crippen LogP contribution in [0.4, 0.5) is 4.39 Å². The SMILES string of the molecule is CCN(CC)CCCNC(=O)c1ccc(-c2nc3cc(Br)c(C)c(C)c3[nH]2)c(F)c1. The molecule has 1 aromatic heterocycles. The summed E-state index contributed by atoms with van der Waals surface area (Å²) in [6, 6.07) is 6.44. The van der Waals surface area contributed by atoms with E-state index >= 15 is 0 Å². The number of aromatic nitrogens is 2. The second-order valence-electron chi connectivity index (χ2n) is 7.42. The van der Waals surface area contributed by atoms with Gasteiger partial charge in [0.1, 0.15) is 11.6 Å². The van der Waals surface area contributed by atoms with E-state index in [9.17, 15) is 9.18 Å². The van der Waals surface area contributed by atoms with Crippen LogP contribution in [0.5, 0.6) is 0 Å². The highest BCUT2D eigenvalue weighted by molar-refractivity contribution is 9.10. The molecule has 0 bridgehead atoms. The van der Waals surface area contributed by atoms with E-state index in [0.717, 1.165) is 52.7 Å². The molecule has 0 unspecified atom stereocenters. The number of aryl methyl sites for hydroxylation is 1. The lowest BCUT2D eigenvalue weighted by atomic mass is 10.1. The van der Waals surface area contributed by atoms with Crippen molar-refractivity contribution in [2.24, 2.45) is 0 Å². The first-order chi connectivity index (χ1) is 14.3. The van der Waals surface area contributed by atoms with Crippen molar-refractivity contribution in [3.8, 4) is 11.4 Å². The van der Waals surface area contributed by atoms with Crippen LogP contribution in [0, 0.1) is 19.7 Å². The molecule has 0 saturated heterocycles. The molecule has 0 spiro atoms. The third-order valence-electron chi connectivity index (χ3n) is 5.61. The lowest BCUT2D eigenvalue weighted by Gasteiger charge is -2.17. The summed E-state index contributed by atoms with van der Waals surface area (Å²) in [5.41, 5.74) is 4.50. The number of rotatable bonds is 8. The molecule has 30 heavy (non-hydrogen) atoms. The number of carbonyl (C=O) groups is 1. The summed E-state index contributed by atoms with van der Waals surface area (Å²) < 4.78 is 15.8. The third kappa shape index (κ3) is 4.73. The number of carbonyl (C=O) groups excluding carboxylic acids is 1. The van der Waals surface area contributed by atoms with Gasteiger partial charge in [0.15, 0.2) is 0 Å². The van der Waals surface area contributed by atoms with E-state index in [2.05, 4.69) is 50.0 Å². The molecule has 160 valence electrons.